The van der Waals surface area contributed by atoms with E-state index < -0.39 is 6.10 Å². The van der Waals surface area contributed by atoms with E-state index in [-0.39, 0.29) is 11.8 Å². The Bertz CT molecular complexity index is 862. The molecule has 2 N–H and O–H groups in total. The Morgan fingerprint density at radius 1 is 1.18 bits per heavy atom. The van der Waals surface area contributed by atoms with E-state index in [1.807, 2.05) is 12.1 Å². The molecule has 2 aromatic carbocycles. The van der Waals surface area contributed by atoms with Crippen LogP contribution >= 0.6 is 0 Å². The van der Waals surface area contributed by atoms with Crippen molar-refractivity contribution >= 4 is 17.5 Å². The molecule has 0 bridgehead atoms. The first-order valence-electron chi connectivity index (χ1n) is 9.52. The first kappa shape index (κ1) is 19.9. The second-order valence-electron chi connectivity index (χ2n) is 7.44. The van der Waals surface area contributed by atoms with Gasteiger partial charge in [0.15, 0.2) is 11.9 Å². The average molecular weight is 381 g/mol. The third-order valence-electron chi connectivity index (χ3n) is 4.97. The lowest BCUT2D eigenvalue weighted by molar-refractivity contribution is -0.122. The van der Waals surface area contributed by atoms with Crippen LogP contribution in [0.4, 0.5) is 5.69 Å². The Morgan fingerprint density at radius 3 is 2.54 bits per heavy atom. The second-order valence-corrected chi connectivity index (χ2v) is 7.44. The number of anilines is 1. The SMILES string of the molecule is CC(C)N(C)Cc1ccc(CNC(=O)c2cccc3c2O[C@@H](C)C(=O)N3)cc1. The molecular weight excluding hydrogens is 354 g/mol. The van der Waals surface area contributed by atoms with Crippen LogP contribution in [0.3, 0.4) is 0 Å². The molecule has 0 aromatic heterocycles. The number of hydrogen-bond acceptors (Lipinski definition) is 4. The number of ether oxygens (including phenoxy) is 1. The monoisotopic (exact) mass is 381 g/mol. The summed E-state index contributed by atoms with van der Waals surface area (Å²) >= 11 is 0. The summed E-state index contributed by atoms with van der Waals surface area (Å²) in [6.45, 7) is 7.31. The first-order chi connectivity index (χ1) is 13.3. The molecule has 0 unspecified atom stereocenters. The van der Waals surface area contributed by atoms with E-state index >= 15 is 0 Å². The molecule has 6 nitrogen and oxygen atoms in total. The highest BCUT2D eigenvalue weighted by Crippen LogP contribution is 2.33. The second kappa shape index (κ2) is 8.44. The summed E-state index contributed by atoms with van der Waals surface area (Å²) in [5, 5.41) is 5.69. The number of hydrogen-bond donors (Lipinski definition) is 2. The maximum atomic E-state index is 12.7. The van der Waals surface area contributed by atoms with Crippen LogP contribution in [0.15, 0.2) is 42.5 Å². The topological polar surface area (TPSA) is 70.7 Å². The molecule has 148 valence electrons. The summed E-state index contributed by atoms with van der Waals surface area (Å²) in [6, 6.07) is 13.9. The van der Waals surface area contributed by atoms with Gasteiger partial charge in [0.05, 0.1) is 11.3 Å². The van der Waals surface area contributed by atoms with Gasteiger partial charge in [0, 0.05) is 19.1 Å². The van der Waals surface area contributed by atoms with Gasteiger partial charge in [0.2, 0.25) is 0 Å². The summed E-state index contributed by atoms with van der Waals surface area (Å²) in [6.07, 6.45) is -0.627. The maximum Gasteiger partial charge on any atom is 0.265 e. The smallest absolute Gasteiger partial charge is 0.265 e. The molecule has 0 saturated carbocycles. The highest BCUT2D eigenvalue weighted by atomic mass is 16.5. The number of nitrogens with zero attached hydrogens (tertiary/aromatic N) is 1. The molecule has 0 radical (unpaired) electrons. The Hall–Kier alpha value is -2.86. The normalized spacial score (nSPS) is 15.8. The summed E-state index contributed by atoms with van der Waals surface area (Å²) in [5.74, 6) is -0.0313. The van der Waals surface area contributed by atoms with E-state index in [1.54, 1.807) is 25.1 Å². The number of para-hydroxylation sites is 1. The molecule has 0 spiro atoms. The Balaban J connectivity index is 1.64. The van der Waals surface area contributed by atoms with Gasteiger partial charge >= 0.3 is 0 Å². The van der Waals surface area contributed by atoms with E-state index in [1.165, 1.54) is 5.56 Å². The van der Waals surface area contributed by atoms with Crippen LogP contribution in [-0.2, 0) is 17.9 Å². The standard InChI is InChI=1S/C22H27N3O3/c1-14(2)25(4)13-17-10-8-16(9-11-17)12-23-22(27)18-6-5-7-19-20(18)28-15(3)21(26)24-19/h5-11,14-15H,12-13H2,1-4H3,(H,23,27)(H,24,26)/t15-/m0/s1. The lowest BCUT2D eigenvalue weighted by Crippen LogP contribution is -2.35. The number of amides is 2. The van der Waals surface area contributed by atoms with Crippen molar-refractivity contribution in [1.29, 1.82) is 0 Å². The van der Waals surface area contributed by atoms with Crippen molar-refractivity contribution in [2.45, 2.75) is 46.0 Å². The zero-order valence-electron chi connectivity index (χ0n) is 16.8. The van der Waals surface area contributed by atoms with Gasteiger partial charge in [-0.05, 0) is 51.1 Å². The van der Waals surface area contributed by atoms with Gasteiger partial charge in [-0.2, -0.15) is 0 Å². The number of fused-ring (bicyclic) bond motifs is 1. The lowest BCUT2D eigenvalue weighted by Gasteiger charge is -2.25. The first-order valence-corrected chi connectivity index (χ1v) is 9.52. The van der Waals surface area contributed by atoms with Crippen molar-refractivity contribution in [3.63, 3.8) is 0 Å². The number of carbonyl (C=O) groups is 2. The van der Waals surface area contributed by atoms with Gasteiger partial charge in [-0.3, -0.25) is 14.5 Å². The summed E-state index contributed by atoms with van der Waals surface area (Å²) in [5.41, 5.74) is 3.20. The molecule has 0 saturated heterocycles. The molecule has 1 atom stereocenters. The van der Waals surface area contributed by atoms with Crippen LogP contribution in [0, 0.1) is 0 Å². The predicted molar refractivity (Wildman–Crippen MR) is 109 cm³/mol. The molecule has 0 aliphatic carbocycles. The molecular formula is C22H27N3O3. The third-order valence-corrected chi connectivity index (χ3v) is 4.97. The van der Waals surface area contributed by atoms with Crippen molar-refractivity contribution in [3.8, 4) is 5.75 Å². The summed E-state index contributed by atoms with van der Waals surface area (Å²) in [7, 11) is 2.10. The molecule has 0 fully saturated rings. The van der Waals surface area contributed by atoms with Crippen molar-refractivity contribution in [2.24, 2.45) is 0 Å². The van der Waals surface area contributed by atoms with Gasteiger partial charge in [-0.25, -0.2) is 0 Å². The number of carbonyl (C=O) groups excluding carboxylic acids is 2. The van der Waals surface area contributed by atoms with E-state index in [9.17, 15) is 9.59 Å². The van der Waals surface area contributed by atoms with Crippen molar-refractivity contribution in [1.82, 2.24) is 10.2 Å². The molecule has 2 amide bonds. The minimum Gasteiger partial charge on any atom is -0.478 e. The highest BCUT2D eigenvalue weighted by molar-refractivity contribution is 6.03. The number of nitrogens with one attached hydrogen (secondary N) is 2. The third kappa shape index (κ3) is 4.51. The number of rotatable bonds is 6. The Kier molecular flexibility index (Phi) is 5.99. The Labute approximate surface area is 165 Å². The van der Waals surface area contributed by atoms with Crippen LogP contribution in [0.2, 0.25) is 0 Å². The summed E-state index contributed by atoms with van der Waals surface area (Å²) in [4.78, 5) is 26.7. The molecule has 2 aromatic rings. The van der Waals surface area contributed by atoms with Crippen LogP contribution in [0.5, 0.6) is 5.75 Å². The maximum absolute atomic E-state index is 12.7. The fourth-order valence-corrected chi connectivity index (χ4v) is 2.92. The predicted octanol–water partition coefficient (Wildman–Crippen LogP) is 3.18. The fourth-order valence-electron chi connectivity index (χ4n) is 2.92. The molecule has 1 aliphatic rings. The zero-order chi connectivity index (χ0) is 20.3. The Morgan fingerprint density at radius 2 is 1.86 bits per heavy atom. The van der Waals surface area contributed by atoms with E-state index in [2.05, 4.69) is 48.6 Å². The molecule has 3 rings (SSSR count). The quantitative estimate of drug-likeness (QED) is 0.806. The van der Waals surface area contributed by atoms with Gasteiger partial charge < -0.3 is 15.4 Å². The van der Waals surface area contributed by atoms with Crippen molar-refractivity contribution < 1.29 is 14.3 Å². The average Bonchev–Trinajstić information content (AvgIpc) is 2.67. The molecule has 28 heavy (non-hydrogen) atoms. The van der Waals surface area contributed by atoms with Crippen molar-refractivity contribution in [3.05, 3.63) is 59.2 Å². The zero-order valence-corrected chi connectivity index (χ0v) is 16.8. The van der Waals surface area contributed by atoms with Crippen LogP contribution < -0.4 is 15.4 Å². The van der Waals surface area contributed by atoms with E-state index in [0.717, 1.165) is 12.1 Å². The van der Waals surface area contributed by atoms with E-state index in [4.69, 9.17) is 4.74 Å². The van der Waals surface area contributed by atoms with Crippen LogP contribution in [-0.4, -0.2) is 35.9 Å². The van der Waals surface area contributed by atoms with Crippen LogP contribution in [0.25, 0.3) is 0 Å². The molecule has 6 heteroatoms. The van der Waals surface area contributed by atoms with Gasteiger partial charge in [0.25, 0.3) is 11.8 Å². The highest BCUT2D eigenvalue weighted by Gasteiger charge is 2.27. The molecule has 1 aliphatic heterocycles. The largest absolute Gasteiger partial charge is 0.478 e. The van der Waals surface area contributed by atoms with Crippen LogP contribution in [0.1, 0.15) is 42.3 Å². The van der Waals surface area contributed by atoms with E-state index in [0.29, 0.717) is 29.6 Å². The lowest BCUT2D eigenvalue weighted by atomic mass is 10.1. The van der Waals surface area contributed by atoms with Crippen molar-refractivity contribution in [2.75, 3.05) is 12.4 Å². The number of benzene rings is 2. The van der Waals surface area contributed by atoms with Gasteiger partial charge in [-0.15, -0.1) is 0 Å². The minimum absolute atomic E-state index is 0.215. The molecule has 1 heterocycles. The van der Waals surface area contributed by atoms with Gasteiger partial charge in [-0.1, -0.05) is 30.3 Å². The van der Waals surface area contributed by atoms with Gasteiger partial charge in [0.1, 0.15) is 0 Å². The minimum atomic E-state index is -0.627. The summed E-state index contributed by atoms with van der Waals surface area (Å²) < 4.78 is 5.64. The fraction of sp³-hybridized carbons (Fsp3) is 0.364.